The van der Waals surface area contributed by atoms with Crippen LogP contribution in [0.15, 0.2) is 36.4 Å². The summed E-state index contributed by atoms with van der Waals surface area (Å²) in [5.74, 6) is 0. The van der Waals surface area contributed by atoms with Crippen molar-refractivity contribution in [2.45, 2.75) is 45.8 Å². The van der Waals surface area contributed by atoms with Gasteiger partial charge < -0.3 is 10.4 Å². The molecule has 2 aromatic rings. The third kappa shape index (κ3) is 3.52. The molecule has 0 fully saturated rings. The largest absolute Gasteiger partial charge is 0.394 e. The molecule has 0 aliphatic heterocycles. The summed E-state index contributed by atoms with van der Waals surface area (Å²) < 4.78 is 2.02. The predicted octanol–water partition coefficient (Wildman–Crippen LogP) is 2.46. The molecule has 1 aromatic carbocycles. The van der Waals surface area contributed by atoms with Gasteiger partial charge >= 0.3 is 0 Å². The minimum absolute atomic E-state index is 0.0535. The van der Waals surface area contributed by atoms with Crippen molar-refractivity contribution in [3.05, 3.63) is 53.3 Å². The lowest BCUT2D eigenvalue weighted by molar-refractivity contribution is 0.172. The quantitative estimate of drug-likeness (QED) is 0.822. The SMILES string of the molecule is CCc1cc(CNC(C)(CO)c2ccccc2)n(CC)n1. The minimum atomic E-state index is -0.448. The van der Waals surface area contributed by atoms with Crippen LogP contribution in [0, 0.1) is 0 Å². The zero-order valence-corrected chi connectivity index (χ0v) is 13.1. The average molecular weight is 287 g/mol. The topological polar surface area (TPSA) is 50.1 Å². The Morgan fingerprint density at radius 3 is 2.52 bits per heavy atom. The first-order chi connectivity index (χ1) is 10.1. The Kier molecular flexibility index (Phi) is 5.15. The van der Waals surface area contributed by atoms with Crippen LogP contribution in [0.5, 0.6) is 0 Å². The standard InChI is InChI=1S/C17H25N3O/c1-4-15-11-16(20(5-2)19-15)12-18-17(3,13-21)14-9-7-6-8-10-14/h6-11,18,21H,4-5,12-13H2,1-3H3. The molecule has 21 heavy (non-hydrogen) atoms. The predicted molar refractivity (Wildman–Crippen MR) is 85.0 cm³/mol. The molecule has 1 heterocycles. The van der Waals surface area contributed by atoms with Gasteiger partial charge in [-0.3, -0.25) is 4.68 Å². The van der Waals surface area contributed by atoms with E-state index in [1.807, 2.05) is 41.9 Å². The van der Waals surface area contributed by atoms with Crippen LogP contribution in [0.25, 0.3) is 0 Å². The second kappa shape index (κ2) is 6.87. The van der Waals surface area contributed by atoms with Crippen LogP contribution < -0.4 is 5.32 Å². The van der Waals surface area contributed by atoms with E-state index in [1.165, 1.54) is 0 Å². The maximum atomic E-state index is 9.81. The summed E-state index contributed by atoms with van der Waals surface area (Å²) >= 11 is 0. The zero-order valence-electron chi connectivity index (χ0n) is 13.1. The van der Waals surface area contributed by atoms with Crippen LogP contribution in [0.3, 0.4) is 0 Å². The number of rotatable bonds is 7. The first-order valence-electron chi connectivity index (χ1n) is 7.60. The van der Waals surface area contributed by atoms with Crippen molar-refractivity contribution in [2.75, 3.05) is 6.61 Å². The second-order valence-electron chi connectivity index (χ2n) is 5.51. The van der Waals surface area contributed by atoms with Crippen molar-refractivity contribution in [3.8, 4) is 0 Å². The minimum Gasteiger partial charge on any atom is -0.394 e. The third-order valence-corrected chi connectivity index (χ3v) is 3.96. The molecule has 0 spiro atoms. The van der Waals surface area contributed by atoms with Crippen molar-refractivity contribution in [2.24, 2.45) is 0 Å². The number of nitrogens with zero attached hydrogens (tertiary/aromatic N) is 2. The Labute approximate surface area is 126 Å². The maximum Gasteiger partial charge on any atom is 0.0652 e. The van der Waals surface area contributed by atoms with Gasteiger partial charge in [0.1, 0.15) is 0 Å². The fourth-order valence-corrected chi connectivity index (χ4v) is 2.44. The van der Waals surface area contributed by atoms with Crippen LogP contribution >= 0.6 is 0 Å². The molecule has 0 aliphatic rings. The number of nitrogens with one attached hydrogen (secondary N) is 1. The lowest BCUT2D eigenvalue weighted by Crippen LogP contribution is -2.42. The van der Waals surface area contributed by atoms with Gasteiger partial charge in [-0.25, -0.2) is 0 Å². The molecule has 0 bridgehead atoms. The van der Waals surface area contributed by atoms with Crippen molar-refractivity contribution in [1.29, 1.82) is 0 Å². The number of hydrogen-bond donors (Lipinski definition) is 2. The molecule has 1 unspecified atom stereocenters. The summed E-state index contributed by atoms with van der Waals surface area (Å²) in [6, 6.07) is 12.2. The van der Waals surface area contributed by atoms with Crippen molar-refractivity contribution in [1.82, 2.24) is 15.1 Å². The number of hydrogen-bond acceptors (Lipinski definition) is 3. The molecule has 1 atom stereocenters. The first kappa shape index (κ1) is 15.7. The Bertz CT molecular complexity index is 565. The Balaban J connectivity index is 2.15. The molecule has 0 saturated carbocycles. The highest BCUT2D eigenvalue weighted by Gasteiger charge is 2.25. The van der Waals surface area contributed by atoms with E-state index in [-0.39, 0.29) is 6.61 Å². The van der Waals surface area contributed by atoms with Gasteiger partial charge in [-0.2, -0.15) is 5.10 Å². The molecule has 1 aromatic heterocycles. The maximum absolute atomic E-state index is 9.81. The summed E-state index contributed by atoms with van der Waals surface area (Å²) in [5, 5.41) is 17.8. The van der Waals surface area contributed by atoms with E-state index in [0.29, 0.717) is 6.54 Å². The van der Waals surface area contributed by atoms with Crippen molar-refractivity contribution >= 4 is 0 Å². The third-order valence-electron chi connectivity index (χ3n) is 3.96. The summed E-state index contributed by atoms with van der Waals surface area (Å²) in [7, 11) is 0. The zero-order chi connectivity index (χ0) is 15.3. The molecule has 0 aliphatic carbocycles. The molecule has 2 rings (SSSR count). The molecular formula is C17H25N3O. The smallest absolute Gasteiger partial charge is 0.0652 e. The summed E-state index contributed by atoms with van der Waals surface area (Å²) in [6.45, 7) is 7.83. The van der Waals surface area contributed by atoms with E-state index in [4.69, 9.17) is 0 Å². The Morgan fingerprint density at radius 2 is 1.95 bits per heavy atom. The van der Waals surface area contributed by atoms with Crippen molar-refractivity contribution in [3.63, 3.8) is 0 Å². The van der Waals surface area contributed by atoms with Gasteiger partial charge in [0.2, 0.25) is 0 Å². The fourth-order valence-electron chi connectivity index (χ4n) is 2.44. The first-order valence-corrected chi connectivity index (χ1v) is 7.60. The van der Waals surface area contributed by atoms with Gasteiger partial charge in [-0.15, -0.1) is 0 Å². The summed E-state index contributed by atoms with van der Waals surface area (Å²) in [6.07, 6.45) is 0.940. The van der Waals surface area contributed by atoms with Crippen molar-refractivity contribution < 1.29 is 5.11 Å². The monoisotopic (exact) mass is 287 g/mol. The fraction of sp³-hybridized carbons (Fsp3) is 0.471. The molecule has 0 amide bonds. The van der Waals surface area contributed by atoms with Gasteiger partial charge in [0.15, 0.2) is 0 Å². The Hall–Kier alpha value is -1.65. The lowest BCUT2D eigenvalue weighted by Gasteiger charge is -2.29. The molecule has 114 valence electrons. The van der Waals surface area contributed by atoms with Crippen LogP contribution in [0.1, 0.15) is 37.7 Å². The number of aromatic nitrogens is 2. The lowest BCUT2D eigenvalue weighted by atomic mass is 9.93. The highest BCUT2D eigenvalue weighted by molar-refractivity contribution is 5.24. The number of aryl methyl sites for hydroxylation is 2. The number of benzene rings is 1. The molecule has 2 N–H and O–H groups in total. The molecule has 0 saturated heterocycles. The second-order valence-corrected chi connectivity index (χ2v) is 5.51. The van der Waals surface area contributed by atoms with Gasteiger partial charge in [0.05, 0.1) is 23.5 Å². The number of aliphatic hydroxyl groups is 1. The number of aliphatic hydroxyl groups excluding tert-OH is 1. The van der Waals surface area contributed by atoms with Crippen LogP contribution in [0.2, 0.25) is 0 Å². The van der Waals surface area contributed by atoms with E-state index < -0.39 is 5.54 Å². The molecule has 4 nitrogen and oxygen atoms in total. The van der Waals surface area contributed by atoms with Gasteiger partial charge in [0.25, 0.3) is 0 Å². The molecule has 4 heteroatoms. The van der Waals surface area contributed by atoms with E-state index in [0.717, 1.165) is 29.9 Å². The van der Waals surface area contributed by atoms with Gasteiger partial charge in [-0.1, -0.05) is 37.3 Å². The highest BCUT2D eigenvalue weighted by Crippen LogP contribution is 2.20. The molecule has 0 radical (unpaired) electrons. The summed E-state index contributed by atoms with van der Waals surface area (Å²) in [5.41, 5.74) is 2.91. The normalized spacial score (nSPS) is 14.1. The van der Waals surface area contributed by atoms with E-state index in [9.17, 15) is 5.11 Å². The van der Waals surface area contributed by atoms with Gasteiger partial charge in [-0.05, 0) is 31.9 Å². The Morgan fingerprint density at radius 1 is 1.24 bits per heavy atom. The molecular weight excluding hydrogens is 262 g/mol. The van der Waals surface area contributed by atoms with E-state index in [1.54, 1.807) is 0 Å². The highest BCUT2D eigenvalue weighted by atomic mass is 16.3. The van der Waals surface area contributed by atoms with Crippen LogP contribution in [0.4, 0.5) is 0 Å². The van der Waals surface area contributed by atoms with E-state index in [2.05, 4.69) is 30.3 Å². The average Bonchev–Trinajstić information content (AvgIpc) is 2.96. The van der Waals surface area contributed by atoms with Crippen LogP contribution in [-0.2, 0) is 25.0 Å². The van der Waals surface area contributed by atoms with Crippen LogP contribution in [-0.4, -0.2) is 21.5 Å². The summed E-state index contributed by atoms with van der Waals surface area (Å²) in [4.78, 5) is 0. The van der Waals surface area contributed by atoms with Gasteiger partial charge in [0, 0.05) is 13.1 Å². The van der Waals surface area contributed by atoms with E-state index >= 15 is 0 Å².